The van der Waals surface area contributed by atoms with Gasteiger partial charge in [0.05, 0.1) is 12.0 Å². The van der Waals surface area contributed by atoms with Crippen molar-refractivity contribution in [3.8, 4) is 0 Å². The minimum Gasteiger partial charge on any atom is -0.481 e. The number of amides is 1. The summed E-state index contributed by atoms with van der Waals surface area (Å²) < 4.78 is 4.83. The number of carboxylic acid groups (broad SMARTS) is 1. The van der Waals surface area contributed by atoms with Crippen LogP contribution in [-0.2, 0) is 19.1 Å². The fourth-order valence-corrected chi connectivity index (χ4v) is 1.71. The smallest absolute Gasteiger partial charge is 0.325 e. The Balaban J connectivity index is 2.64. The van der Waals surface area contributed by atoms with Gasteiger partial charge in [-0.2, -0.15) is 0 Å². The molecule has 0 aromatic rings. The number of aliphatic carboxylic acids is 1. The number of carboxylic acids is 1. The van der Waals surface area contributed by atoms with Crippen LogP contribution in [0.3, 0.4) is 0 Å². The van der Waals surface area contributed by atoms with E-state index in [1.54, 1.807) is 6.92 Å². The summed E-state index contributed by atoms with van der Waals surface area (Å²) in [6.45, 7) is 4.89. The van der Waals surface area contributed by atoms with E-state index in [4.69, 9.17) is 9.84 Å². The van der Waals surface area contributed by atoms with Crippen molar-refractivity contribution in [1.29, 1.82) is 0 Å². The fourth-order valence-electron chi connectivity index (χ4n) is 1.71. The molecular weight excluding hydrogens is 250 g/mol. The lowest BCUT2D eigenvalue weighted by Gasteiger charge is -2.25. The Bertz CT molecular complexity index is 373. The standard InChI is InChI=1S/C13H21NO5/c1-4-19-11(16)8-14(9-5-6-9)10(15)7-13(2,3)12(17)18/h9H,4-8H2,1-3H3,(H,17,18). The first-order chi connectivity index (χ1) is 8.77. The molecule has 0 aromatic heterocycles. The molecule has 1 amide bonds. The van der Waals surface area contributed by atoms with Crippen molar-refractivity contribution in [2.45, 2.75) is 46.1 Å². The van der Waals surface area contributed by atoms with Crippen molar-refractivity contribution >= 4 is 17.8 Å². The molecule has 0 radical (unpaired) electrons. The molecule has 1 saturated carbocycles. The average molecular weight is 271 g/mol. The van der Waals surface area contributed by atoms with E-state index >= 15 is 0 Å². The third-order valence-electron chi connectivity index (χ3n) is 3.08. The van der Waals surface area contributed by atoms with Gasteiger partial charge in [-0.3, -0.25) is 14.4 Å². The Kier molecular flexibility index (Phi) is 4.91. The molecule has 1 rings (SSSR count). The second-order valence-corrected chi connectivity index (χ2v) is 5.42. The molecule has 6 nitrogen and oxygen atoms in total. The number of rotatable bonds is 7. The second-order valence-electron chi connectivity index (χ2n) is 5.42. The molecule has 0 saturated heterocycles. The molecule has 1 fully saturated rings. The van der Waals surface area contributed by atoms with E-state index in [2.05, 4.69) is 0 Å². The molecule has 1 aliphatic rings. The van der Waals surface area contributed by atoms with Crippen molar-refractivity contribution in [2.24, 2.45) is 5.41 Å². The highest BCUT2D eigenvalue weighted by Crippen LogP contribution is 2.30. The van der Waals surface area contributed by atoms with Crippen molar-refractivity contribution in [3.05, 3.63) is 0 Å². The molecule has 0 aliphatic heterocycles. The summed E-state index contributed by atoms with van der Waals surface area (Å²) in [5, 5.41) is 9.03. The van der Waals surface area contributed by atoms with E-state index in [9.17, 15) is 14.4 Å². The quantitative estimate of drug-likeness (QED) is 0.699. The Morgan fingerprint density at radius 2 is 1.89 bits per heavy atom. The van der Waals surface area contributed by atoms with Crippen LogP contribution in [0.15, 0.2) is 0 Å². The van der Waals surface area contributed by atoms with Gasteiger partial charge in [-0.15, -0.1) is 0 Å². The van der Waals surface area contributed by atoms with Crippen molar-refractivity contribution < 1.29 is 24.2 Å². The van der Waals surface area contributed by atoms with Crippen LogP contribution in [0.2, 0.25) is 0 Å². The maximum atomic E-state index is 12.1. The lowest BCUT2D eigenvalue weighted by atomic mass is 9.89. The Hall–Kier alpha value is -1.59. The predicted molar refractivity (Wildman–Crippen MR) is 67.4 cm³/mol. The van der Waals surface area contributed by atoms with E-state index < -0.39 is 17.4 Å². The van der Waals surface area contributed by atoms with Crippen molar-refractivity contribution in [2.75, 3.05) is 13.2 Å². The molecule has 0 bridgehead atoms. The number of esters is 1. The van der Waals surface area contributed by atoms with Gasteiger partial charge in [0.2, 0.25) is 5.91 Å². The summed E-state index contributed by atoms with van der Waals surface area (Å²) in [5.41, 5.74) is -1.13. The van der Waals surface area contributed by atoms with Gasteiger partial charge in [-0.25, -0.2) is 0 Å². The predicted octanol–water partition coefficient (Wildman–Crippen LogP) is 1.04. The third kappa shape index (κ3) is 4.54. The van der Waals surface area contributed by atoms with Gasteiger partial charge < -0.3 is 14.7 Å². The maximum absolute atomic E-state index is 12.1. The number of carbonyl (C=O) groups is 3. The first kappa shape index (κ1) is 15.5. The number of nitrogens with zero attached hydrogens (tertiary/aromatic N) is 1. The van der Waals surface area contributed by atoms with Crippen LogP contribution in [0, 0.1) is 5.41 Å². The highest BCUT2D eigenvalue weighted by atomic mass is 16.5. The van der Waals surface area contributed by atoms with Crippen LogP contribution in [0.1, 0.15) is 40.0 Å². The normalized spacial score (nSPS) is 14.9. The van der Waals surface area contributed by atoms with Gasteiger partial charge in [0.15, 0.2) is 0 Å². The fraction of sp³-hybridized carbons (Fsp3) is 0.769. The van der Waals surface area contributed by atoms with Gasteiger partial charge in [0, 0.05) is 12.5 Å². The van der Waals surface area contributed by atoms with Crippen LogP contribution in [0.25, 0.3) is 0 Å². The van der Waals surface area contributed by atoms with Crippen LogP contribution < -0.4 is 0 Å². The molecule has 0 atom stereocenters. The SMILES string of the molecule is CCOC(=O)CN(C(=O)CC(C)(C)C(=O)O)C1CC1. The Labute approximate surface area is 112 Å². The van der Waals surface area contributed by atoms with Crippen LogP contribution in [0.4, 0.5) is 0 Å². The maximum Gasteiger partial charge on any atom is 0.325 e. The lowest BCUT2D eigenvalue weighted by Crippen LogP contribution is -2.41. The zero-order chi connectivity index (χ0) is 14.6. The van der Waals surface area contributed by atoms with Gasteiger partial charge in [0.25, 0.3) is 0 Å². The van der Waals surface area contributed by atoms with Gasteiger partial charge in [-0.05, 0) is 33.6 Å². The molecule has 0 heterocycles. The first-order valence-corrected chi connectivity index (χ1v) is 6.46. The van der Waals surface area contributed by atoms with Gasteiger partial charge in [-0.1, -0.05) is 0 Å². The molecule has 0 spiro atoms. The summed E-state index contributed by atoms with van der Waals surface area (Å²) in [6, 6.07) is 0.0569. The second kappa shape index (κ2) is 6.04. The molecular formula is C13H21NO5. The summed E-state index contributed by atoms with van der Waals surface area (Å²) in [5.74, 6) is -1.77. The largest absolute Gasteiger partial charge is 0.481 e. The molecule has 1 aliphatic carbocycles. The van der Waals surface area contributed by atoms with E-state index in [0.717, 1.165) is 12.8 Å². The number of ether oxygens (including phenoxy) is 1. The summed E-state index contributed by atoms with van der Waals surface area (Å²) in [7, 11) is 0. The summed E-state index contributed by atoms with van der Waals surface area (Å²) >= 11 is 0. The van der Waals surface area contributed by atoms with Gasteiger partial charge >= 0.3 is 11.9 Å². The van der Waals surface area contributed by atoms with E-state index in [-0.39, 0.29) is 31.5 Å². The molecule has 6 heteroatoms. The van der Waals surface area contributed by atoms with E-state index in [1.807, 2.05) is 0 Å². The van der Waals surface area contributed by atoms with Crippen LogP contribution >= 0.6 is 0 Å². The van der Waals surface area contributed by atoms with Crippen molar-refractivity contribution in [3.63, 3.8) is 0 Å². The summed E-state index contributed by atoms with van der Waals surface area (Å²) in [6.07, 6.45) is 1.61. The highest BCUT2D eigenvalue weighted by molar-refractivity contribution is 5.87. The van der Waals surface area contributed by atoms with Gasteiger partial charge in [0.1, 0.15) is 6.54 Å². The Morgan fingerprint density at radius 1 is 1.32 bits per heavy atom. The number of carbonyl (C=O) groups excluding carboxylic acids is 2. The van der Waals surface area contributed by atoms with Crippen LogP contribution in [-0.4, -0.2) is 47.0 Å². The minimum atomic E-state index is -1.13. The zero-order valence-electron chi connectivity index (χ0n) is 11.6. The molecule has 19 heavy (non-hydrogen) atoms. The molecule has 0 unspecified atom stereocenters. The lowest BCUT2D eigenvalue weighted by molar-refractivity contribution is -0.154. The third-order valence-corrected chi connectivity index (χ3v) is 3.08. The molecule has 108 valence electrons. The van der Waals surface area contributed by atoms with E-state index in [0.29, 0.717) is 0 Å². The van der Waals surface area contributed by atoms with E-state index in [1.165, 1.54) is 18.7 Å². The molecule has 0 aromatic carbocycles. The Morgan fingerprint density at radius 3 is 2.32 bits per heavy atom. The topological polar surface area (TPSA) is 83.9 Å². The average Bonchev–Trinajstić information content (AvgIpc) is 3.09. The van der Waals surface area contributed by atoms with Crippen LogP contribution in [0.5, 0.6) is 0 Å². The molecule has 1 N–H and O–H groups in total. The number of hydrogen-bond acceptors (Lipinski definition) is 4. The van der Waals surface area contributed by atoms with Crippen molar-refractivity contribution in [1.82, 2.24) is 4.90 Å². The monoisotopic (exact) mass is 271 g/mol. The first-order valence-electron chi connectivity index (χ1n) is 6.46. The highest BCUT2D eigenvalue weighted by Gasteiger charge is 2.38. The summed E-state index contributed by atoms with van der Waals surface area (Å²) in [4.78, 5) is 36.1. The number of hydrogen-bond donors (Lipinski definition) is 1. The minimum absolute atomic E-state index is 0.0569. The zero-order valence-corrected chi connectivity index (χ0v) is 11.6.